The van der Waals surface area contributed by atoms with Crippen LogP contribution in [0.1, 0.15) is 52.9 Å². The molecule has 4 aliphatic heterocycles. The van der Waals surface area contributed by atoms with Crippen molar-refractivity contribution >= 4 is 27.7 Å². The van der Waals surface area contributed by atoms with Crippen LogP contribution in [0.5, 0.6) is 0 Å². The second-order valence-corrected chi connectivity index (χ2v) is 12.7. The quantitative estimate of drug-likeness (QED) is 0.673. The minimum absolute atomic E-state index is 0.0152. The van der Waals surface area contributed by atoms with Gasteiger partial charge in [-0.25, -0.2) is 0 Å². The Balaban J connectivity index is 0.000000138. The van der Waals surface area contributed by atoms with Gasteiger partial charge >= 0.3 is 0 Å². The maximum atomic E-state index is 11.9. The Hall–Kier alpha value is -0.150. The van der Waals surface area contributed by atoms with Crippen LogP contribution in [0.15, 0.2) is 0 Å². The van der Waals surface area contributed by atoms with Gasteiger partial charge in [0.25, 0.3) is 10.1 Å². The van der Waals surface area contributed by atoms with Crippen molar-refractivity contribution < 1.29 is 22.5 Å². The van der Waals surface area contributed by atoms with Crippen molar-refractivity contribution in [3.8, 4) is 0 Å². The van der Waals surface area contributed by atoms with Crippen molar-refractivity contribution in [3.05, 3.63) is 0 Å². The number of carbonyl (C=O) groups is 1. The van der Waals surface area contributed by atoms with E-state index in [1.54, 1.807) is 0 Å². The van der Waals surface area contributed by atoms with Crippen LogP contribution < -0.4 is 0 Å². The lowest BCUT2D eigenvalue weighted by molar-refractivity contribution is -0.133. The molecule has 0 unspecified atom stereocenters. The highest BCUT2D eigenvalue weighted by molar-refractivity contribution is 8.00. The van der Waals surface area contributed by atoms with Crippen molar-refractivity contribution in [2.75, 3.05) is 31.1 Å². The monoisotopic (exact) mass is 431 g/mol. The van der Waals surface area contributed by atoms with Gasteiger partial charge in [0.1, 0.15) is 11.2 Å². The zero-order chi connectivity index (χ0) is 20.4. The second kappa shape index (κ2) is 6.94. The van der Waals surface area contributed by atoms with E-state index in [2.05, 4.69) is 11.8 Å². The number of hydrogen-bond donors (Lipinski definition) is 1. The molecule has 8 heteroatoms. The Morgan fingerprint density at radius 3 is 2.29 bits per heavy atom. The zero-order valence-electron chi connectivity index (χ0n) is 17.1. The molecular formula is C20H33NO5S2. The summed E-state index contributed by atoms with van der Waals surface area (Å²) in [6.45, 7) is 9.91. The largest absolute Gasteiger partial charge is 0.359 e. The maximum absolute atomic E-state index is 11.9. The molecular weight excluding hydrogens is 398 g/mol. The molecule has 4 atom stereocenters. The third-order valence-corrected chi connectivity index (χ3v) is 10.4. The maximum Gasteiger partial charge on any atom is 0.265 e. The van der Waals surface area contributed by atoms with Gasteiger partial charge < -0.3 is 9.64 Å². The Morgan fingerprint density at radius 2 is 1.89 bits per heavy atom. The molecule has 6 nitrogen and oxygen atoms in total. The summed E-state index contributed by atoms with van der Waals surface area (Å²) in [5.74, 6) is 1.99. The topological polar surface area (TPSA) is 83.9 Å². The number of ketones is 1. The summed E-state index contributed by atoms with van der Waals surface area (Å²) < 4.78 is 37.1. The van der Waals surface area contributed by atoms with E-state index < -0.39 is 21.3 Å². The summed E-state index contributed by atoms with van der Waals surface area (Å²) in [5.41, 5.74) is -0.438. The number of piperidine rings is 3. The molecule has 0 aromatic rings. The van der Waals surface area contributed by atoms with Crippen LogP contribution in [0.25, 0.3) is 0 Å². The predicted octanol–water partition coefficient (Wildman–Crippen LogP) is 2.83. The van der Waals surface area contributed by atoms with Crippen molar-refractivity contribution in [1.82, 2.24) is 4.90 Å². The molecule has 4 bridgehead atoms. The molecule has 1 spiro atoms. The molecule has 2 aliphatic carbocycles. The lowest BCUT2D eigenvalue weighted by Gasteiger charge is -2.50. The van der Waals surface area contributed by atoms with Crippen LogP contribution in [-0.4, -0.2) is 65.8 Å². The van der Waals surface area contributed by atoms with Gasteiger partial charge in [-0.15, -0.1) is 11.8 Å². The third-order valence-electron chi connectivity index (χ3n) is 8.35. The number of hydrogen-bond acceptors (Lipinski definition) is 6. The zero-order valence-corrected chi connectivity index (χ0v) is 18.8. The van der Waals surface area contributed by atoms with Crippen molar-refractivity contribution in [3.63, 3.8) is 0 Å². The molecule has 2 saturated carbocycles. The van der Waals surface area contributed by atoms with Crippen LogP contribution >= 0.6 is 11.8 Å². The van der Waals surface area contributed by atoms with Gasteiger partial charge in [0.2, 0.25) is 0 Å². The molecule has 160 valence electrons. The molecule has 6 fully saturated rings. The van der Waals surface area contributed by atoms with Gasteiger partial charge in [-0.2, -0.15) is 8.42 Å². The molecule has 4 heterocycles. The van der Waals surface area contributed by atoms with Gasteiger partial charge in [-0.1, -0.05) is 13.8 Å². The highest BCUT2D eigenvalue weighted by Crippen LogP contribution is 2.64. The summed E-state index contributed by atoms with van der Waals surface area (Å²) in [6, 6.07) is 0. The van der Waals surface area contributed by atoms with Crippen LogP contribution in [0.4, 0.5) is 0 Å². The van der Waals surface area contributed by atoms with Crippen LogP contribution in [-0.2, 0) is 19.6 Å². The fourth-order valence-corrected chi connectivity index (χ4v) is 8.97. The summed E-state index contributed by atoms with van der Waals surface area (Å²) in [5, 5.41) is 0. The van der Waals surface area contributed by atoms with Crippen molar-refractivity contribution in [2.45, 2.75) is 63.9 Å². The first kappa shape index (κ1) is 21.1. The van der Waals surface area contributed by atoms with E-state index in [-0.39, 0.29) is 22.7 Å². The number of fused-ring (bicyclic) bond motifs is 4. The number of thioether (sulfide) groups is 1. The summed E-state index contributed by atoms with van der Waals surface area (Å²) in [7, 11) is -4.08. The van der Waals surface area contributed by atoms with Crippen LogP contribution in [0.2, 0.25) is 0 Å². The lowest BCUT2D eigenvalue weighted by atomic mass is 9.70. The van der Waals surface area contributed by atoms with E-state index in [9.17, 15) is 13.2 Å². The van der Waals surface area contributed by atoms with Gasteiger partial charge in [0, 0.05) is 18.7 Å². The predicted molar refractivity (Wildman–Crippen MR) is 110 cm³/mol. The fourth-order valence-electron chi connectivity index (χ4n) is 6.50. The fraction of sp³-hybridized carbons (Fsp3) is 0.950. The highest BCUT2D eigenvalue weighted by atomic mass is 32.2. The van der Waals surface area contributed by atoms with E-state index in [4.69, 9.17) is 9.29 Å². The number of nitrogens with zero attached hydrogens (tertiary/aromatic N) is 1. The normalized spacial score (nSPS) is 46.1. The van der Waals surface area contributed by atoms with E-state index in [1.165, 1.54) is 38.2 Å². The SMILES string of the molecule is CC1(C)[C@H]2CC[C@]1(CS(=O)(=O)O)C(=O)C2.C[C@@H]1O[C@]2(CS1)CN1CCC2CC1. The first-order valence-corrected chi connectivity index (χ1v) is 13.1. The molecule has 6 aliphatic rings. The average Bonchev–Trinajstić information content (AvgIpc) is 3.13. The van der Waals surface area contributed by atoms with Gasteiger partial charge in [-0.3, -0.25) is 9.35 Å². The smallest absolute Gasteiger partial charge is 0.265 e. The minimum atomic E-state index is -4.08. The Morgan fingerprint density at radius 1 is 1.21 bits per heavy atom. The molecule has 6 rings (SSSR count). The Labute approximate surface area is 172 Å². The molecule has 0 aromatic carbocycles. The Kier molecular flexibility index (Phi) is 5.23. The van der Waals surface area contributed by atoms with Gasteiger partial charge in [-0.05, 0) is 62.9 Å². The number of carbonyl (C=O) groups excluding carboxylic acids is 1. The number of ether oxygens (including phenoxy) is 1. The standard InChI is InChI=1S/C10H17NOS.C10H16O4S/c1-8-12-10(7-13-8)6-11-4-2-9(10)3-5-11;1-9(2)7-3-4-10(9,8(11)5-7)6-15(12,13)14/h8-9H,2-7H2,1H3;7H,3-6H2,1-2H3,(H,12,13,14)/t8-,10+;7-,10-/m10/s1. The van der Waals surface area contributed by atoms with Gasteiger partial charge in [0.15, 0.2) is 0 Å². The second-order valence-electron chi connectivity index (χ2n) is 10.0. The lowest BCUT2D eigenvalue weighted by Crippen LogP contribution is -2.60. The first-order valence-electron chi connectivity index (χ1n) is 10.5. The summed E-state index contributed by atoms with van der Waals surface area (Å²) >= 11 is 1.99. The first-order chi connectivity index (χ1) is 13.0. The van der Waals surface area contributed by atoms with E-state index in [0.717, 1.165) is 12.3 Å². The Bertz CT molecular complexity index is 746. The number of Topliss-reactive ketones (excluding diaryl/α,β-unsaturated/α-hetero) is 1. The van der Waals surface area contributed by atoms with Crippen LogP contribution in [0.3, 0.4) is 0 Å². The minimum Gasteiger partial charge on any atom is -0.359 e. The van der Waals surface area contributed by atoms with E-state index in [0.29, 0.717) is 18.3 Å². The van der Waals surface area contributed by atoms with E-state index >= 15 is 0 Å². The molecule has 0 radical (unpaired) electrons. The van der Waals surface area contributed by atoms with Gasteiger partial charge in [0.05, 0.1) is 16.8 Å². The average molecular weight is 432 g/mol. The third kappa shape index (κ3) is 3.37. The highest BCUT2D eigenvalue weighted by Gasteiger charge is 2.65. The molecule has 1 N–H and O–H groups in total. The molecule has 28 heavy (non-hydrogen) atoms. The van der Waals surface area contributed by atoms with Crippen molar-refractivity contribution in [2.24, 2.45) is 22.7 Å². The summed E-state index contributed by atoms with van der Waals surface area (Å²) in [6.07, 6.45) is 4.71. The van der Waals surface area contributed by atoms with Crippen molar-refractivity contribution in [1.29, 1.82) is 0 Å². The van der Waals surface area contributed by atoms with Crippen LogP contribution in [0, 0.1) is 22.7 Å². The van der Waals surface area contributed by atoms with E-state index in [1.807, 2.05) is 25.6 Å². The molecule has 0 amide bonds. The molecule has 4 saturated heterocycles. The molecule has 0 aromatic heterocycles. The summed E-state index contributed by atoms with van der Waals surface area (Å²) in [4.78, 5) is 14.5. The number of rotatable bonds is 2.